The molecule has 6 unspecified atom stereocenters. The van der Waals surface area contributed by atoms with E-state index in [4.69, 9.17) is 23.7 Å². The van der Waals surface area contributed by atoms with Crippen molar-refractivity contribution in [2.24, 2.45) is 17.8 Å². The summed E-state index contributed by atoms with van der Waals surface area (Å²) in [5.74, 6) is -1.40. The van der Waals surface area contributed by atoms with Gasteiger partial charge in [-0.15, -0.1) is 0 Å². The number of rotatable bonds is 12. The van der Waals surface area contributed by atoms with Gasteiger partial charge in [-0.05, 0) is 43.9 Å². The van der Waals surface area contributed by atoms with E-state index < -0.39 is 98.1 Å². The van der Waals surface area contributed by atoms with Crippen molar-refractivity contribution in [3.8, 4) is 0 Å². The zero-order chi connectivity index (χ0) is 33.7. The van der Waals surface area contributed by atoms with Gasteiger partial charge in [0.05, 0.1) is 24.9 Å². The van der Waals surface area contributed by atoms with Gasteiger partial charge in [-0.1, -0.05) is 52.4 Å². The Hall–Kier alpha value is -1.46. The second-order valence-corrected chi connectivity index (χ2v) is 13.8. The van der Waals surface area contributed by atoms with Gasteiger partial charge >= 0.3 is 5.97 Å². The molecule has 4 rings (SSSR count). The average molecular weight is 662 g/mol. The molecule has 15 atom stereocenters. The number of carbonyl (C=O) groups excluding carboxylic acids is 1. The standard InChI is InChI=1S/C32H55NO13/c1-5-19-11-15(2)12-20(28(19)46-32-27(39)26(38)24(36)16(3)42-32)44-31-23(33-17(4)35)29(25(37)22(14-34)45-31)43-21(30(40)41)13-18-9-7-6-8-10-18/h15-16,18-29,31-32,34,36-39H,5-14H2,1-4H3,(H,33,35)(H,40,41)/t15?,16-,19+,20+,21-,22-,23?,24?,25-,26-,27-,28?,29?,31+,32?/m0/s1. The number of carbonyl (C=O) groups is 2. The topological polar surface area (TPSA) is 214 Å². The van der Waals surface area contributed by atoms with Crippen LogP contribution in [0.5, 0.6) is 0 Å². The molecule has 14 heteroatoms. The number of aliphatic hydroxyl groups is 5. The van der Waals surface area contributed by atoms with Crippen LogP contribution < -0.4 is 5.32 Å². The third kappa shape index (κ3) is 8.95. The number of carboxylic acids is 1. The Balaban J connectivity index is 1.60. The average Bonchev–Trinajstić information content (AvgIpc) is 3.02. The van der Waals surface area contributed by atoms with Gasteiger partial charge in [0.15, 0.2) is 18.7 Å². The highest BCUT2D eigenvalue weighted by molar-refractivity contribution is 5.73. The smallest absolute Gasteiger partial charge is 0.332 e. The summed E-state index contributed by atoms with van der Waals surface area (Å²) >= 11 is 0. The molecule has 0 aromatic carbocycles. The normalized spacial score (nSPS) is 43.2. The molecule has 0 aromatic rings. The van der Waals surface area contributed by atoms with Gasteiger partial charge in [0.1, 0.15) is 42.7 Å². The first kappa shape index (κ1) is 37.4. The molecule has 2 aliphatic carbocycles. The van der Waals surface area contributed by atoms with Gasteiger partial charge < -0.3 is 59.6 Å². The molecule has 7 N–H and O–H groups in total. The van der Waals surface area contributed by atoms with E-state index in [9.17, 15) is 40.2 Å². The maximum atomic E-state index is 12.5. The summed E-state index contributed by atoms with van der Waals surface area (Å²) in [5.41, 5.74) is 0. The number of amides is 1. The van der Waals surface area contributed by atoms with Crippen LogP contribution in [0.3, 0.4) is 0 Å². The molecule has 46 heavy (non-hydrogen) atoms. The van der Waals surface area contributed by atoms with E-state index in [2.05, 4.69) is 12.2 Å². The van der Waals surface area contributed by atoms with Crippen molar-refractivity contribution in [1.82, 2.24) is 5.32 Å². The third-order valence-corrected chi connectivity index (χ3v) is 10.2. The zero-order valence-electron chi connectivity index (χ0n) is 27.3. The van der Waals surface area contributed by atoms with Crippen LogP contribution in [0.1, 0.15) is 85.5 Å². The predicted octanol–water partition coefficient (Wildman–Crippen LogP) is 0.432. The Morgan fingerprint density at radius 2 is 1.59 bits per heavy atom. The lowest BCUT2D eigenvalue weighted by molar-refractivity contribution is -0.339. The van der Waals surface area contributed by atoms with E-state index in [0.717, 1.165) is 38.5 Å². The van der Waals surface area contributed by atoms with E-state index in [1.807, 2.05) is 6.92 Å². The number of aliphatic carboxylic acids is 1. The molecule has 4 aliphatic rings. The zero-order valence-corrected chi connectivity index (χ0v) is 27.3. The number of nitrogens with one attached hydrogen (secondary N) is 1. The van der Waals surface area contributed by atoms with E-state index in [1.165, 1.54) is 6.92 Å². The summed E-state index contributed by atoms with van der Waals surface area (Å²) in [6.07, 6.45) is -7.15. The van der Waals surface area contributed by atoms with Gasteiger partial charge in [-0.25, -0.2) is 4.79 Å². The monoisotopic (exact) mass is 661 g/mol. The lowest BCUT2D eigenvalue weighted by atomic mass is 9.77. The minimum atomic E-state index is -1.52. The number of ether oxygens (including phenoxy) is 5. The molecule has 2 saturated carbocycles. The maximum Gasteiger partial charge on any atom is 0.332 e. The summed E-state index contributed by atoms with van der Waals surface area (Å²) in [7, 11) is 0. The van der Waals surface area contributed by atoms with Crippen molar-refractivity contribution < 1.29 is 63.9 Å². The molecule has 14 nitrogen and oxygen atoms in total. The predicted molar refractivity (Wildman–Crippen MR) is 161 cm³/mol. The van der Waals surface area contributed by atoms with Gasteiger partial charge in [0.25, 0.3) is 0 Å². The largest absolute Gasteiger partial charge is 0.479 e. The fourth-order valence-corrected chi connectivity index (χ4v) is 7.63. The third-order valence-electron chi connectivity index (χ3n) is 10.2. The van der Waals surface area contributed by atoms with Crippen LogP contribution in [0.25, 0.3) is 0 Å². The quantitative estimate of drug-likeness (QED) is 0.151. The van der Waals surface area contributed by atoms with Crippen molar-refractivity contribution in [3.63, 3.8) is 0 Å². The molecule has 2 aliphatic heterocycles. The Bertz CT molecular complexity index is 982. The highest BCUT2D eigenvalue weighted by Crippen LogP contribution is 2.39. The molecular weight excluding hydrogens is 606 g/mol. The number of aliphatic hydroxyl groups excluding tert-OH is 5. The molecule has 0 bridgehead atoms. The van der Waals surface area contributed by atoms with Crippen molar-refractivity contribution >= 4 is 11.9 Å². The summed E-state index contributed by atoms with van der Waals surface area (Å²) in [4.78, 5) is 24.8. The van der Waals surface area contributed by atoms with Crippen LogP contribution in [-0.2, 0) is 33.3 Å². The molecule has 0 aromatic heterocycles. The van der Waals surface area contributed by atoms with Gasteiger partial charge in [-0.2, -0.15) is 0 Å². The van der Waals surface area contributed by atoms with Crippen LogP contribution in [0.2, 0.25) is 0 Å². The second-order valence-electron chi connectivity index (χ2n) is 13.8. The van der Waals surface area contributed by atoms with Crippen molar-refractivity contribution in [2.45, 2.75) is 165 Å². The van der Waals surface area contributed by atoms with Crippen molar-refractivity contribution in [3.05, 3.63) is 0 Å². The van der Waals surface area contributed by atoms with Gasteiger partial charge in [0.2, 0.25) is 5.91 Å². The van der Waals surface area contributed by atoms with Crippen LogP contribution in [0.4, 0.5) is 0 Å². The Morgan fingerprint density at radius 1 is 0.891 bits per heavy atom. The summed E-state index contributed by atoms with van der Waals surface area (Å²) < 4.78 is 30.8. The lowest BCUT2D eigenvalue weighted by Crippen LogP contribution is -2.67. The highest BCUT2D eigenvalue weighted by Gasteiger charge is 2.52. The van der Waals surface area contributed by atoms with Crippen LogP contribution in [0, 0.1) is 17.8 Å². The molecule has 2 heterocycles. The first-order valence-electron chi connectivity index (χ1n) is 16.9. The Morgan fingerprint density at radius 3 is 2.20 bits per heavy atom. The molecule has 4 fully saturated rings. The van der Waals surface area contributed by atoms with Crippen molar-refractivity contribution in [1.29, 1.82) is 0 Å². The molecule has 2 saturated heterocycles. The number of hydrogen-bond donors (Lipinski definition) is 7. The SMILES string of the molecule is CC[C@@H]1CC(C)C[C@@H](O[C@@H]2O[C@@H](CO)[C@H](O)C(O[C@@H](CC3CCCCC3)C(=O)O)C2NC(C)=O)C1OC1O[C@@H](C)C(O)[C@H](O)[C@@H]1O. The van der Waals surface area contributed by atoms with Crippen LogP contribution in [-0.4, -0.2) is 129 Å². The van der Waals surface area contributed by atoms with Gasteiger partial charge in [-0.3, -0.25) is 4.79 Å². The van der Waals surface area contributed by atoms with Crippen LogP contribution in [0.15, 0.2) is 0 Å². The first-order valence-corrected chi connectivity index (χ1v) is 16.9. The Kier molecular flexibility index (Phi) is 13.6. The second kappa shape index (κ2) is 16.8. The Labute approximate surface area is 270 Å². The molecule has 266 valence electrons. The van der Waals surface area contributed by atoms with Gasteiger partial charge in [0, 0.05) is 6.92 Å². The highest BCUT2D eigenvalue weighted by atomic mass is 16.7. The first-order chi connectivity index (χ1) is 21.8. The summed E-state index contributed by atoms with van der Waals surface area (Å²) in [5, 5.41) is 65.5. The van der Waals surface area contributed by atoms with E-state index in [-0.39, 0.29) is 24.2 Å². The lowest BCUT2D eigenvalue weighted by Gasteiger charge is -2.49. The van der Waals surface area contributed by atoms with E-state index in [0.29, 0.717) is 12.8 Å². The number of hydrogen-bond acceptors (Lipinski definition) is 12. The molecular formula is C32H55NO13. The maximum absolute atomic E-state index is 12.5. The summed E-state index contributed by atoms with van der Waals surface area (Å²) in [6.45, 7) is 6.28. The molecule has 0 radical (unpaired) electrons. The van der Waals surface area contributed by atoms with Crippen molar-refractivity contribution in [2.75, 3.05) is 6.61 Å². The van der Waals surface area contributed by atoms with E-state index >= 15 is 0 Å². The fourth-order valence-electron chi connectivity index (χ4n) is 7.63. The number of carboxylic acid groups (broad SMARTS) is 1. The fraction of sp³-hybridized carbons (Fsp3) is 0.938. The minimum Gasteiger partial charge on any atom is -0.479 e. The minimum absolute atomic E-state index is 0.0650. The van der Waals surface area contributed by atoms with Crippen LogP contribution >= 0.6 is 0 Å². The molecule has 1 amide bonds. The molecule has 0 spiro atoms. The summed E-state index contributed by atoms with van der Waals surface area (Å²) in [6, 6.07) is -1.14. The van der Waals surface area contributed by atoms with E-state index in [1.54, 1.807) is 6.92 Å².